The minimum absolute atomic E-state index is 0.191. The fraction of sp³-hybridized carbons (Fsp3) is 0.571. The maximum absolute atomic E-state index is 12.4. The number of nitrogen functional groups attached to an aromatic ring is 1. The van der Waals surface area contributed by atoms with E-state index in [4.69, 9.17) is 5.73 Å². The summed E-state index contributed by atoms with van der Waals surface area (Å²) in [6, 6.07) is 3.47. The largest absolute Gasteiger partial charge is 0.398 e. The van der Waals surface area contributed by atoms with E-state index >= 15 is 0 Å². The van der Waals surface area contributed by atoms with E-state index in [9.17, 15) is 8.42 Å². The maximum Gasteiger partial charge on any atom is 0.240 e. The van der Waals surface area contributed by atoms with E-state index in [1.54, 1.807) is 19.1 Å². The van der Waals surface area contributed by atoms with Crippen molar-refractivity contribution in [3.63, 3.8) is 0 Å². The summed E-state index contributed by atoms with van der Waals surface area (Å²) in [6.07, 6.45) is 3.24. The number of benzene rings is 1. The van der Waals surface area contributed by atoms with Gasteiger partial charge in [-0.15, -0.1) is 0 Å². The first-order chi connectivity index (χ1) is 8.80. The van der Waals surface area contributed by atoms with Gasteiger partial charge in [-0.05, 0) is 61.8 Å². The predicted octanol–water partition coefficient (Wildman–Crippen LogP) is 2.35. The Balaban J connectivity index is 2.25. The van der Waals surface area contributed by atoms with Gasteiger partial charge >= 0.3 is 0 Å². The van der Waals surface area contributed by atoms with E-state index in [1.807, 2.05) is 6.92 Å². The van der Waals surface area contributed by atoms with E-state index in [-0.39, 0.29) is 5.41 Å². The molecule has 0 spiro atoms. The van der Waals surface area contributed by atoms with Crippen molar-refractivity contribution >= 4 is 15.7 Å². The lowest BCUT2D eigenvalue weighted by molar-refractivity contribution is 0.475. The smallest absolute Gasteiger partial charge is 0.240 e. The van der Waals surface area contributed by atoms with Gasteiger partial charge in [0.25, 0.3) is 0 Å². The third-order valence-electron chi connectivity index (χ3n) is 4.18. The Morgan fingerprint density at radius 2 is 1.95 bits per heavy atom. The van der Waals surface area contributed by atoms with Gasteiger partial charge in [-0.2, -0.15) is 0 Å². The zero-order chi connectivity index (χ0) is 14.3. The molecule has 0 heterocycles. The second-order valence-corrected chi connectivity index (χ2v) is 7.39. The number of rotatable bonds is 5. The first kappa shape index (κ1) is 14.3. The van der Waals surface area contributed by atoms with E-state index in [2.05, 4.69) is 11.6 Å². The van der Waals surface area contributed by atoms with Crippen molar-refractivity contribution in [1.82, 2.24) is 4.72 Å². The molecule has 0 unspecified atom stereocenters. The van der Waals surface area contributed by atoms with Crippen LogP contribution in [0.2, 0.25) is 0 Å². The van der Waals surface area contributed by atoms with E-state index < -0.39 is 10.0 Å². The van der Waals surface area contributed by atoms with Gasteiger partial charge in [0.05, 0.1) is 4.90 Å². The quantitative estimate of drug-likeness (QED) is 0.814. The van der Waals surface area contributed by atoms with Gasteiger partial charge < -0.3 is 5.73 Å². The molecule has 19 heavy (non-hydrogen) atoms. The molecular weight excluding hydrogens is 260 g/mol. The third-order valence-corrected chi connectivity index (χ3v) is 5.71. The summed E-state index contributed by atoms with van der Waals surface area (Å²) in [5.74, 6) is 0. The molecule has 3 N–H and O–H groups in total. The molecule has 1 aliphatic carbocycles. The molecule has 1 saturated carbocycles. The SMILES string of the molecule is CCC1(CNS(=O)(=O)c2cc(C)cc(N)c2C)CC1. The van der Waals surface area contributed by atoms with E-state index in [0.717, 1.165) is 24.8 Å². The summed E-state index contributed by atoms with van der Waals surface area (Å²) in [4.78, 5) is 0.303. The molecule has 0 bridgehead atoms. The summed E-state index contributed by atoms with van der Waals surface area (Å²) < 4.78 is 27.5. The summed E-state index contributed by atoms with van der Waals surface area (Å²) >= 11 is 0. The molecule has 0 saturated heterocycles. The van der Waals surface area contributed by atoms with Crippen LogP contribution in [0.3, 0.4) is 0 Å². The molecule has 1 fully saturated rings. The second-order valence-electron chi connectivity index (χ2n) is 5.66. The maximum atomic E-state index is 12.4. The van der Waals surface area contributed by atoms with E-state index in [0.29, 0.717) is 22.7 Å². The van der Waals surface area contributed by atoms with Crippen LogP contribution in [-0.2, 0) is 10.0 Å². The number of sulfonamides is 1. The van der Waals surface area contributed by atoms with Crippen molar-refractivity contribution in [2.75, 3.05) is 12.3 Å². The molecule has 1 aromatic carbocycles. The molecule has 0 atom stereocenters. The number of anilines is 1. The minimum Gasteiger partial charge on any atom is -0.398 e. The lowest BCUT2D eigenvalue weighted by atomic mass is 10.1. The molecule has 4 nitrogen and oxygen atoms in total. The number of nitrogens with one attached hydrogen (secondary N) is 1. The average molecular weight is 282 g/mol. The molecule has 2 rings (SSSR count). The Bertz CT molecular complexity index is 590. The normalized spacial score (nSPS) is 17.4. The summed E-state index contributed by atoms with van der Waals surface area (Å²) in [5.41, 5.74) is 8.05. The Hall–Kier alpha value is -1.07. The molecule has 0 aromatic heterocycles. The fourth-order valence-electron chi connectivity index (χ4n) is 2.29. The Kier molecular flexibility index (Phi) is 3.62. The fourth-order valence-corrected chi connectivity index (χ4v) is 3.80. The minimum atomic E-state index is -3.47. The predicted molar refractivity (Wildman–Crippen MR) is 77.5 cm³/mol. The molecule has 5 heteroatoms. The van der Waals surface area contributed by atoms with Crippen LogP contribution in [0.5, 0.6) is 0 Å². The zero-order valence-electron chi connectivity index (χ0n) is 11.8. The van der Waals surface area contributed by atoms with Gasteiger partial charge in [0, 0.05) is 12.2 Å². The van der Waals surface area contributed by atoms with Crippen LogP contribution in [0.15, 0.2) is 17.0 Å². The Morgan fingerprint density at radius 1 is 1.32 bits per heavy atom. The number of hydrogen-bond acceptors (Lipinski definition) is 3. The molecule has 1 aliphatic rings. The number of hydrogen-bond donors (Lipinski definition) is 2. The lowest BCUT2D eigenvalue weighted by Crippen LogP contribution is -2.30. The van der Waals surface area contributed by atoms with Gasteiger partial charge in [-0.25, -0.2) is 13.1 Å². The van der Waals surface area contributed by atoms with Crippen molar-refractivity contribution in [3.05, 3.63) is 23.3 Å². The first-order valence-corrected chi connectivity index (χ1v) is 8.14. The van der Waals surface area contributed by atoms with Crippen LogP contribution in [-0.4, -0.2) is 15.0 Å². The summed E-state index contributed by atoms with van der Waals surface area (Å²) in [6.45, 7) is 6.23. The average Bonchev–Trinajstić information content (AvgIpc) is 3.12. The van der Waals surface area contributed by atoms with Crippen molar-refractivity contribution in [2.24, 2.45) is 5.41 Å². The summed E-state index contributed by atoms with van der Waals surface area (Å²) in [7, 11) is -3.47. The third kappa shape index (κ3) is 2.92. The van der Waals surface area contributed by atoms with Crippen molar-refractivity contribution in [1.29, 1.82) is 0 Å². The van der Waals surface area contributed by atoms with Crippen molar-refractivity contribution < 1.29 is 8.42 Å². The van der Waals surface area contributed by atoms with Crippen molar-refractivity contribution in [2.45, 2.75) is 44.9 Å². The topological polar surface area (TPSA) is 72.2 Å². The number of nitrogens with two attached hydrogens (primary N) is 1. The zero-order valence-corrected chi connectivity index (χ0v) is 12.6. The van der Waals surface area contributed by atoms with Gasteiger partial charge in [-0.1, -0.05) is 6.92 Å². The highest BCUT2D eigenvalue weighted by atomic mass is 32.2. The highest BCUT2D eigenvalue weighted by Crippen LogP contribution is 2.48. The second kappa shape index (κ2) is 4.80. The number of aryl methyl sites for hydroxylation is 1. The molecule has 1 aromatic rings. The Morgan fingerprint density at radius 3 is 2.47 bits per heavy atom. The lowest BCUT2D eigenvalue weighted by Gasteiger charge is -2.16. The van der Waals surface area contributed by atoms with Gasteiger partial charge in [-0.3, -0.25) is 0 Å². The molecule has 106 valence electrons. The van der Waals surface area contributed by atoms with Crippen LogP contribution in [0, 0.1) is 19.3 Å². The molecule has 0 radical (unpaired) electrons. The highest BCUT2D eigenvalue weighted by Gasteiger charge is 2.41. The van der Waals surface area contributed by atoms with Crippen molar-refractivity contribution in [3.8, 4) is 0 Å². The highest BCUT2D eigenvalue weighted by molar-refractivity contribution is 7.89. The first-order valence-electron chi connectivity index (χ1n) is 6.66. The van der Waals surface area contributed by atoms with Gasteiger partial charge in [0.1, 0.15) is 0 Å². The standard InChI is InChI=1S/C14H22N2O2S/c1-4-14(5-6-14)9-16-19(17,18)13-8-10(2)7-12(15)11(13)3/h7-8,16H,4-6,9,15H2,1-3H3. The van der Waals surface area contributed by atoms with E-state index in [1.165, 1.54) is 0 Å². The molecular formula is C14H22N2O2S. The van der Waals surface area contributed by atoms with Crippen LogP contribution in [0.1, 0.15) is 37.3 Å². The summed E-state index contributed by atoms with van der Waals surface area (Å²) in [5, 5.41) is 0. The Labute approximate surface area is 115 Å². The van der Waals surface area contributed by atoms with Crippen LogP contribution in [0.25, 0.3) is 0 Å². The van der Waals surface area contributed by atoms with Crippen LogP contribution < -0.4 is 10.5 Å². The monoisotopic (exact) mass is 282 g/mol. The van der Waals surface area contributed by atoms with Gasteiger partial charge in [0.15, 0.2) is 0 Å². The molecule has 0 amide bonds. The molecule has 0 aliphatic heterocycles. The van der Waals surface area contributed by atoms with Crippen LogP contribution in [0.4, 0.5) is 5.69 Å². The van der Waals surface area contributed by atoms with Crippen LogP contribution >= 0.6 is 0 Å². The van der Waals surface area contributed by atoms with Gasteiger partial charge in [0.2, 0.25) is 10.0 Å².